The number of halogens is 4. The topological polar surface area (TPSA) is 81.6 Å². The molecule has 19 heavy (non-hydrogen) atoms. The number of nitrogens with one attached hydrogen (secondary N) is 1. The summed E-state index contributed by atoms with van der Waals surface area (Å²) in [6.45, 7) is 1.28. The fourth-order valence-electron chi connectivity index (χ4n) is 1.68. The molecule has 0 aromatic carbocycles. The van der Waals surface area contributed by atoms with Gasteiger partial charge in [0.15, 0.2) is 0 Å². The predicted molar refractivity (Wildman–Crippen MR) is 58.5 cm³/mol. The van der Waals surface area contributed by atoms with Gasteiger partial charge in [0.1, 0.15) is 5.69 Å². The van der Waals surface area contributed by atoms with Gasteiger partial charge in [-0.15, -0.1) is 0 Å². The Morgan fingerprint density at radius 2 is 2.26 bits per heavy atom. The molecule has 2 rings (SSSR count). The van der Waals surface area contributed by atoms with Crippen molar-refractivity contribution in [1.82, 2.24) is 15.2 Å². The van der Waals surface area contributed by atoms with Crippen molar-refractivity contribution in [1.29, 1.82) is 0 Å². The maximum Gasteiger partial charge on any atom is 0.438 e. The van der Waals surface area contributed by atoms with Gasteiger partial charge in [-0.05, 0) is 6.92 Å². The summed E-state index contributed by atoms with van der Waals surface area (Å²) in [4.78, 5) is 11.9. The molecule has 1 aliphatic heterocycles. The van der Waals surface area contributed by atoms with E-state index < -0.39 is 24.2 Å². The average molecular weight is 297 g/mol. The third kappa shape index (κ3) is 2.08. The van der Waals surface area contributed by atoms with Crippen LogP contribution in [-0.4, -0.2) is 43.8 Å². The lowest BCUT2D eigenvalue weighted by molar-refractivity contribution is -0.297. The zero-order valence-corrected chi connectivity index (χ0v) is 10.2. The van der Waals surface area contributed by atoms with E-state index in [1.54, 1.807) is 0 Å². The highest BCUT2D eigenvalue weighted by Gasteiger charge is 2.63. The lowest BCUT2D eigenvalue weighted by Gasteiger charge is -2.32. The largest absolute Gasteiger partial charge is 0.438 e. The molecule has 0 saturated carbocycles. The average Bonchev–Trinajstić information content (AvgIpc) is 2.81. The highest BCUT2D eigenvalue weighted by molar-refractivity contribution is 6.33. The first-order valence-corrected chi connectivity index (χ1v) is 5.41. The smallest absolute Gasteiger partial charge is 0.362 e. The van der Waals surface area contributed by atoms with Gasteiger partial charge in [-0.2, -0.15) is 28.4 Å². The highest BCUT2D eigenvalue weighted by atomic mass is 35.5. The number of alkyl halides is 3. The van der Waals surface area contributed by atoms with Gasteiger partial charge in [-0.1, -0.05) is 11.6 Å². The van der Waals surface area contributed by atoms with E-state index in [1.165, 1.54) is 6.92 Å². The monoisotopic (exact) mass is 296 g/mol. The van der Waals surface area contributed by atoms with Crippen molar-refractivity contribution < 1.29 is 23.1 Å². The summed E-state index contributed by atoms with van der Waals surface area (Å²) in [7, 11) is 0. The number of carbonyl (C=O) groups excluding carboxylic acids is 1. The Morgan fingerprint density at radius 3 is 2.74 bits per heavy atom. The number of aromatic amines is 1. The van der Waals surface area contributed by atoms with Crippen molar-refractivity contribution in [2.24, 2.45) is 5.10 Å². The van der Waals surface area contributed by atoms with Gasteiger partial charge < -0.3 is 5.11 Å². The molecule has 1 atom stereocenters. The SMILES string of the molecule is CC1=NN(C(=O)c2[nH]ncc2Cl)C(O)(C(F)(F)F)C1. The van der Waals surface area contributed by atoms with Crippen molar-refractivity contribution in [2.45, 2.75) is 25.2 Å². The van der Waals surface area contributed by atoms with Gasteiger partial charge in [-0.25, -0.2) is 0 Å². The van der Waals surface area contributed by atoms with E-state index in [0.29, 0.717) is 0 Å². The summed E-state index contributed by atoms with van der Waals surface area (Å²) in [6, 6.07) is 0. The summed E-state index contributed by atoms with van der Waals surface area (Å²) in [5.41, 5.74) is -3.77. The molecule has 0 fully saturated rings. The van der Waals surface area contributed by atoms with Gasteiger partial charge in [-0.3, -0.25) is 9.89 Å². The molecule has 0 spiro atoms. The Labute approximate surface area is 109 Å². The van der Waals surface area contributed by atoms with Crippen LogP contribution >= 0.6 is 11.6 Å². The Balaban J connectivity index is 2.42. The Hall–Kier alpha value is -1.61. The molecule has 1 unspecified atom stereocenters. The summed E-state index contributed by atoms with van der Waals surface area (Å²) in [6.07, 6.45) is -4.79. The maximum absolute atomic E-state index is 12.9. The summed E-state index contributed by atoms with van der Waals surface area (Å²) in [5, 5.41) is 18.5. The minimum Gasteiger partial charge on any atom is -0.362 e. The summed E-state index contributed by atoms with van der Waals surface area (Å²) >= 11 is 5.60. The van der Waals surface area contributed by atoms with Crippen molar-refractivity contribution >= 4 is 23.2 Å². The molecule has 2 heterocycles. The summed E-state index contributed by atoms with van der Waals surface area (Å²) in [5.74, 6) is -1.21. The van der Waals surface area contributed by atoms with Crippen LogP contribution in [0.1, 0.15) is 23.8 Å². The number of rotatable bonds is 1. The number of carbonyl (C=O) groups is 1. The second-order valence-electron chi connectivity index (χ2n) is 4.04. The number of aliphatic hydroxyl groups is 1. The van der Waals surface area contributed by atoms with E-state index in [1.807, 2.05) is 0 Å². The normalized spacial score (nSPS) is 23.7. The lowest BCUT2D eigenvalue weighted by Crippen LogP contribution is -2.56. The van der Waals surface area contributed by atoms with Crippen LogP contribution in [-0.2, 0) is 0 Å². The van der Waals surface area contributed by atoms with Crippen molar-refractivity contribution in [3.05, 3.63) is 16.9 Å². The first-order valence-electron chi connectivity index (χ1n) is 5.03. The van der Waals surface area contributed by atoms with Crippen LogP contribution in [0.5, 0.6) is 0 Å². The summed E-state index contributed by atoms with van der Waals surface area (Å²) < 4.78 is 38.7. The highest BCUT2D eigenvalue weighted by Crippen LogP contribution is 2.41. The van der Waals surface area contributed by atoms with Crippen molar-refractivity contribution in [2.75, 3.05) is 0 Å². The predicted octanol–water partition coefficient (Wildman–Crippen LogP) is 1.54. The van der Waals surface area contributed by atoms with E-state index in [9.17, 15) is 23.1 Å². The number of hydrazone groups is 1. The number of hydrogen-bond acceptors (Lipinski definition) is 4. The second-order valence-corrected chi connectivity index (χ2v) is 4.44. The lowest BCUT2D eigenvalue weighted by atomic mass is 10.1. The molecular formula is C9H8ClF3N4O2. The Morgan fingerprint density at radius 1 is 1.63 bits per heavy atom. The molecule has 0 saturated heterocycles. The number of H-pyrrole nitrogens is 1. The number of amides is 1. The first kappa shape index (κ1) is 13.8. The standard InChI is InChI=1S/C9H8ClF3N4O2/c1-4-2-8(19,9(11,12)13)17(16-4)7(18)6-5(10)3-14-15-6/h3,19H,2H2,1H3,(H,14,15). The number of aromatic nitrogens is 2. The minimum atomic E-state index is -5.05. The van der Waals surface area contributed by atoms with E-state index in [0.717, 1.165) is 6.20 Å². The molecular weight excluding hydrogens is 289 g/mol. The third-order valence-electron chi connectivity index (χ3n) is 2.58. The molecule has 0 radical (unpaired) electrons. The second kappa shape index (κ2) is 4.20. The maximum atomic E-state index is 12.9. The van der Waals surface area contributed by atoms with Gasteiger partial charge >= 0.3 is 6.18 Å². The van der Waals surface area contributed by atoms with Gasteiger partial charge in [0, 0.05) is 12.1 Å². The fraction of sp³-hybridized carbons (Fsp3) is 0.444. The van der Waals surface area contributed by atoms with Crippen molar-refractivity contribution in [3.8, 4) is 0 Å². The van der Waals surface area contributed by atoms with Crippen LogP contribution in [0.3, 0.4) is 0 Å². The van der Waals surface area contributed by atoms with Crippen LogP contribution in [0.15, 0.2) is 11.3 Å². The molecule has 1 aliphatic rings. The van der Waals surface area contributed by atoms with Crippen LogP contribution in [0, 0.1) is 0 Å². The van der Waals surface area contributed by atoms with E-state index >= 15 is 0 Å². The molecule has 1 aromatic heterocycles. The number of hydrogen-bond donors (Lipinski definition) is 2. The van der Waals surface area contributed by atoms with Gasteiger partial charge in [0.05, 0.1) is 11.2 Å². The molecule has 10 heteroatoms. The molecule has 0 bridgehead atoms. The van der Waals surface area contributed by atoms with E-state index in [2.05, 4.69) is 15.3 Å². The van der Waals surface area contributed by atoms with Crippen LogP contribution < -0.4 is 0 Å². The van der Waals surface area contributed by atoms with Crippen LogP contribution in [0.2, 0.25) is 5.02 Å². The van der Waals surface area contributed by atoms with Gasteiger partial charge in [0.2, 0.25) is 0 Å². The molecule has 2 N–H and O–H groups in total. The molecule has 1 aromatic rings. The molecule has 104 valence electrons. The zero-order valence-electron chi connectivity index (χ0n) is 9.49. The fourth-order valence-corrected chi connectivity index (χ4v) is 1.85. The Kier molecular flexibility index (Phi) is 3.06. The number of nitrogens with zero attached hydrogens (tertiary/aromatic N) is 3. The Bertz CT molecular complexity index is 556. The zero-order chi connectivity index (χ0) is 14.4. The molecule has 0 aliphatic carbocycles. The third-order valence-corrected chi connectivity index (χ3v) is 2.86. The van der Waals surface area contributed by atoms with Crippen LogP contribution in [0.4, 0.5) is 13.2 Å². The quantitative estimate of drug-likeness (QED) is 0.824. The minimum absolute atomic E-state index is 0.0242. The van der Waals surface area contributed by atoms with E-state index in [4.69, 9.17) is 11.6 Å². The van der Waals surface area contributed by atoms with Crippen molar-refractivity contribution in [3.63, 3.8) is 0 Å². The van der Waals surface area contributed by atoms with E-state index in [-0.39, 0.29) is 21.4 Å². The molecule has 6 nitrogen and oxygen atoms in total. The molecule has 1 amide bonds. The van der Waals surface area contributed by atoms with Crippen LogP contribution in [0.25, 0.3) is 0 Å². The first-order chi connectivity index (χ1) is 8.67. The van der Waals surface area contributed by atoms with Gasteiger partial charge in [0.25, 0.3) is 11.6 Å².